The van der Waals surface area contributed by atoms with E-state index in [1.807, 2.05) is 60.7 Å². The van der Waals surface area contributed by atoms with Crippen molar-refractivity contribution in [1.82, 2.24) is 0 Å². The van der Waals surface area contributed by atoms with Crippen LogP contribution in [0.5, 0.6) is 0 Å². The van der Waals surface area contributed by atoms with E-state index in [9.17, 15) is 9.36 Å². The Labute approximate surface area is 138 Å². The van der Waals surface area contributed by atoms with Crippen molar-refractivity contribution in [3.63, 3.8) is 0 Å². The molecule has 1 aliphatic rings. The molecule has 0 bridgehead atoms. The van der Waals surface area contributed by atoms with Gasteiger partial charge in [-0.3, -0.25) is 4.79 Å². The molecular weight excluding hydrogens is 303 g/mol. The molecular formula is C20H23O2P. The summed E-state index contributed by atoms with van der Waals surface area (Å²) in [5.41, 5.74) is 0.0405. The highest BCUT2D eigenvalue weighted by atomic mass is 31.2. The SMILES string of the molecule is C[C@H]1CC(=O)CCC[C@@H]1P(=O)(c1ccccc1)c1ccccc1. The second-order valence-electron chi connectivity index (χ2n) is 6.51. The molecule has 2 nitrogen and oxygen atoms in total. The smallest absolute Gasteiger partial charge is 0.146 e. The lowest BCUT2D eigenvalue weighted by Crippen LogP contribution is -2.30. The summed E-state index contributed by atoms with van der Waals surface area (Å²) in [6, 6.07) is 19.7. The lowest BCUT2D eigenvalue weighted by molar-refractivity contribution is -0.119. The molecule has 0 N–H and O–H groups in total. The molecule has 0 aliphatic heterocycles. The van der Waals surface area contributed by atoms with Crippen LogP contribution in [-0.4, -0.2) is 11.4 Å². The van der Waals surface area contributed by atoms with Crippen molar-refractivity contribution in [2.45, 2.75) is 38.3 Å². The summed E-state index contributed by atoms with van der Waals surface area (Å²) in [6.45, 7) is 2.09. The number of hydrogen-bond donors (Lipinski definition) is 0. The molecule has 0 saturated heterocycles. The van der Waals surface area contributed by atoms with Crippen molar-refractivity contribution in [2.75, 3.05) is 0 Å². The number of benzene rings is 2. The van der Waals surface area contributed by atoms with Crippen molar-refractivity contribution in [1.29, 1.82) is 0 Å². The van der Waals surface area contributed by atoms with Crippen molar-refractivity contribution < 1.29 is 9.36 Å². The predicted octanol–water partition coefficient (Wildman–Crippen LogP) is 4.15. The van der Waals surface area contributed by atoms with Gasteiger partial charge in [-0.2, -0.15) is 0 Å². The predicted molar refractivity (Wildman–Crippen MR) is 96.2 cm³/mol. The first-order valence-corrected chi connectivity index (χ1v) is 10.1. The Hall–Kier alpha value is -1.66. The maximum atomic E-state index is 14.3. The summed E-state index contributed by atoms with van der Waals surface area (Å²) in [5, 5.41) is 1.83. The standard InChI is InChI=1S/C20H23O2P/c1-16-15-17(21)9-8-14-20(16)23(22,18-10-4-2-5-11-18)19-12-6-3-7-13-19/h2-7,10-13,16,20H,8-9,14-15H2,1H3/t16-,20-/m0/s1. The Morgan fingerprint density at radius 2 is 1.43 bits per heavy atom. The van der Waals surface area contributed by atoms with Crippen LogP contribution >= 0.6 is 7.14 Å². The number of carbonyl (C=O) groups excluding carboxylic acids is 1. The van der Waals surface area contributed by atoms with Gasteiger partial charge >= 0.3 is 0 Å². The zero-order chi connectivity index (χ0) is 16.3. The van der Waals surface area contributed by atoms with Gasteiger partial charge in [-0.05, 0) is 18.8 Å². The maximum absolute atomic E-state index is 14.3. The van der Waals surface area contributed by atoms with Gasteiger partial charge in [0.05, 0.1) is 0 Å². The average Bonchev–Trinajstić information content (AvgIpc) is 2.76. The second kappa shape index (κ2) is 6.84. The molecule has 3 heteroatoms. The summed E-state index contributed by atoms with van der Waals surface area (Å²) < 4.78 is 14.3. The Morgan fingerprint density at radius 3 is 1.96 bits per heavy atom. The van der Waals surface area contributed by atoms with E-state index in [0.717, 1.165) is 23.5 Å². The molecule has 120 valence electrons. The minimum Gasteiger partial charge on any atom is -0.313 e. The zero-order valence-corrected chi connectivity index (χ0v) is 14.4. The third-order valence-corrected chi connectivity index (χ3v) is 8.74. The molecule has 0 amide bonds. The van der Waals surface area contributed by atoms with Gasteiger partial charge in [0, 0.05) is 29.1 Å². The van der Waals surface area contributed by atoms with E-state index in [4.69, 9.17) is 0 Å². The molecule has 2 atom stereocenters. The first kappa shape index (κ1) is 16.2. The highest BCUT2D eigenvalue weighted by molar-refractivity contribution is 7.79. The van der Waals surface area contributed by atoms with Gasteiger partial charge in [0.15, 0.2) is 0 Å². The fraction of sp³-hybridized carbons (Fsp3) is 0.350. The van der Waals surface area contributed by atoms with Crippen LogP contribution in [0, 0.1) is 5.92 Å². The number of Topliss-reactive ketones (excluding diaryl/α,β-unsaturated/α-hetero) is 1. The van der Waals surface area contributed by atoms with Crippen LogP contribution < -0.4 is 10.6 Å². The van der Waals surface area contributed by atoms with Gasteiger partial charge < -0.3 is 4.57 Å². The number of hydrogen-bond acceptors (Lipinski definition) is 2. The summed E-state index contributed by atoms with van der Waals surface area (Å²) in [7, 11) is -2.76. The minimum absolute atomic E-state index is 0.0405. The quantitative estimate of drug-likeness (QED) is 0.627. The van der Waals surface area contributed by atoms with Gasteiger partial charge in [-0.25, -0.2) is 0 Å². The first-order valence-electron chi connectivity index (χ1n) is 8.35. The summed E-state index contributed by atoms with van der Waals surface area (Å²) in [6.07, 6.45) is 2.88. The van der Waals surface area contributed by atoms with E-state index < -0.39 is 7.14 Å². The van der Waals surface area contributed by atoms with Crippen LogP contribution in [0.2, 0.25) is 0 Å². The van der Waals surface area contributed by atoms with Gasteiger partial charge in [0.2, 0.25) is 0 Å². The normalized spacial score (nSPS) is 22.6. The number of carbonyl (C=O) groups is 1. The van der Waals surface area contributed by atoms with E-state index in [2.05, 4.69) is 6.92 Å². The van der Waals surface area contributed by atoms with Crippen LogP contribution in [0.3, 0.4) is 0 Å². The topological polar surface area (TPSA) is 34.1 Å². The molecule has 0 spiro atoms. The Morgan fingerprint density at radius 1 is 0.913 bits per heavy atom. The van der Waals surface area contributed by atoms with Crippen LogP contribution in [0.25, 0.3) is 0 Å². The molecule has 2 aromatic rings. The Balaban J connectivity index is 2.13. The largest absolute Gasteiger partial charge is 0.313 e. The van der Waals surface area contributed by atoms with E-state index in [-0.39, 0.29) is 11.6 Å². The lowest BCUT2D eigenvalue weighted by atomic mass is 10.0. The average molecular weight is 326 g/mol. The van der Waals surface area contributed by atoms with Gasteiger partial charge in [0.1, 0.15) is 12.9 Å². The van der Waals surface area contributed by atoms with E-state index in [1.54, 1.807) is 0 Å². The molecule has 3 rings (SSSR count). The van der Waals surface area contributed by atoms with E-state index in [0.29, 0.717) is 18.6 Å². The van der Waals surface area contributed by atoms with Crippen molar-refractivity contribution in [3.8, 4) is 0 Å². The second-order valence-corrected chi connectivity index (χ2v) is 9.52. The molecule has 0 radical (unpaired) electrons. The number of ketones is 1. The fourth-order valence-corrected chi connectivity index (χ4v) is 7.42. The molecule has 0 unspecified atom stereocenters. The monoisotopic (exact) mass is 326 g/mol. The molecule has 1 aliphatic carbocycles. The first-order chi connectivity index (χ1) is 11.1. The number of rotatable bonds is 3. The maximum Gasteiger partial charge on any atom is 0.146 e. The molecule has 1 saturated carbocycles. The zero-order valence-electron chi connectivity index (χ0n) is 13.5. The van der Waals surface area contributed by atoms with Crippen molar-refractivity contribution in [3.05, 3.63) is 60.7 Å². The lowest BCUT2D eigenvalue weighted by Gasteiger charge is -2.31. The molecule has 0 aromatic heterocycles. The van der Waals surface area contributed by atoms with Crippen LogP contribution in [0.15, 0.2) is 60.7 Å². The fourth-order valence-electron chi connectivity index (χ4n) is 3.76. The van der Waals surface area contributed by atoms with E-state index in [1.165, 1.54) is 0 Å². The molecule has 23 heavy (non-hydrogen) atoms. The highest BCUT2D eigenvalue weighted by Crippen LogP contribution is 2.54. The van der Waals surface area contributed by atoms with Crippen LogP contribution in [0.1, 0.15) is 32.6 Å². The summed E-state index contributed by atoms with van der Waals surface area (Å²) >= 11 is 0. The summed E-state index contributed by atoms with van der Waals surface area (Å²) in [4.78, 5) is 11.9. The van der Waals surface area contributed by atoms with Crippen molar-refractivity contribution in [2.24, 2.45) is 5.92 Å². The van der Waals surface area contributed by atoms with Crippen molar-refractivity contribution >= 4 is 23.5 Å². The summed E-state index contributed by atoms with van der Waals surface area (Å²) in [5.74, 6) is 0.462. The Kier molecular flexibility index (Phi) is 4.82. The van der Waals surface area contributed by atoms with Gasteiger partial charge in [-0.1, -0.05) is 67.6 Å². The third-order valence-electron chi connectivity index (χ3n) is 4.91. The van der Waals surface area contributed by atoms with Gasteiger partial charge in [-0.15, -0.1) is 0 Å². The Bertz CT molecular complexity index is 665. The molecule has 2 aromatic carbocycles. The minimum atomic E-state index is -2.76. The van der Waals surface area contributed by atoms with E-state index >= 15 is 0 Å². The molecule has 1 fully saturated rings. The third kappa shape index (κ3) is 3.19. The van der Waals surface area contributed by atoms with Crippen LogP contribution in [-0.2, 0) is 9.36 Å². The highest BCUT2D eigenvalue weighted by Gasteiger charge is 2.40. The van der Waals surface area contributed by atoms with Gasteiger partial charge in [0.25, 0.3) is 0 Å². The molecule has 0 heterocycles. The van der Waals surface area contributed by atoms with Crippen LogP contribution in [0.4, 0.5) is 0 Å².